The third-order valence-electron chi connectivity index (χ3n) is 4.62. The molecule has 27 heavy (non-hydrogen) atoms. The summed E-state index contributed by atoms with van der Waals surface area (Å²) >= 11 is 0. The molecular formula is C21H25FN2O3. The summed E-state index contributed by atoms with van der Waals surface area (Å²) < 4.78 is 14.0. The van der Waals surface area contributed by atoms with Crippen LogP contribution in [0.2, 0.25) is 0 Å². The average Bonchev–Trinajstić information content (AvgIpc) is 2.66. The number of aliphatic carboxylic acids is 1. The first-order valence-electron chi connectivity index (χ1n) is 8.92. The topological polar surface area (TPSA) is 69.6 Å². The lowest BCUT2D eigenvalue weighted by molar-refractivity contribution is -0.137. The van der Waals surface area contributed by atoms with Crippen molar-refractivity contribution >= 4 is 12.0 Å². The number of rotatable bonds is 8. The Kier molecular flexibility index (Phi) is 7.34. The summed E-state index contributed by atoms with van der Waals surface area (Å²) in [6, 6.07) is 14.8. The quantitative estimate of drug-likeness (QED) is 0.736. The van der Waals surface area contributed by atoms with Crippen LogP contribution in [0, 0.1) is 5.82 Å². The number of carboxylic acids is 1. The van der Waals surface area contributed by atoms with Gasteiger partial charge >= 0.3 is 12.0 Å². The van der Waals surface area contributed by atoms with Gasteiger partial charge in [0, 0.05) is 25.1 Å². The Morgan fingerprint density at radius 2 is 1.74 bits per heavy atom. The number of amides is 2. The number of nitrogens with one attached hydrogen (secondary N) is 1. The van der Waals surface area contributed by atoms with Crippen LogP contribution in [0.25, 0.3) is 0 Å². The van der Waals surface area contributed by atoms with E-state index in [0.29, 0.717) is 18.4 Å². The van der Waals surface area contributed by atoms with Crippen molar-refractivity contribution in [1.29, 1.82) is 0 Å². The normalized spacial score (nSPS) is 12.9. The maximum Gasteiger partial charge on any atom is 0.317 e. The second kappa shape index (κ2) is 9.71. The van der Waals surface area contributed by atoms with Crippen LogP contribution in [0.4, 0.5) is 9.18 Å². The monoisotopic (exact) mass is 372 g/mol. The van der Waals surface area contributed by atoms with Crippen molar-refractivity contribution in [3.8, 4) is 0 Å². The van der Waals surface area contributed by atoms with Gasteiger partial charge in [0.2, 0.25) is 0 Å². The molecule has 2 amide bonds. The molecule has 2 unspecified atom stereocenters. The fraction of sp³-hybridized carbons (Fsp3) is 0.333. The smallest absolute Gasteiger partial charge is 0.317 e. The summed E-state index contributed by atoms with van der Waals surface area (Å²) in [6.07, 6.45) is 0.810. The highest BCUT2D eigenvalue weighted by Gasteiger charge is 2.22. The van der Waals surface area contributed by atoms with Crippen molar-refractivity contribution in [2.45, 2.75) is 38.3 Å². The molecule has 2 aromatic carbocycles. The molecule has 0 radical (unpaired) electrons. The van der Waals surface area contributed by atoms with Crippen molar-refractivity contribution in [3.63, 3.8) is 0 Å². The summed E-state index contributed by atoms with van der Waals surface area (Å²) in [5, 5.41) is 11.9. The van der Waals surface area contributed by atoms with E-state index in [0.717, 1.165) is 5.56 Å². The van der Waals surface area contributed by atoms with Gasteiger partial charge in [0.05, 0.1) is 6.04 Å². The maximum atomic E-state index is 14.0. The molecule has 5 nitrogen and oxygen atoms in total. The Labute approximate surface area is 158 Å². The van der Waals surface area contributed by atoms with Gasteiger partial charge in [0.1, 0.15) is 5.82 Å². The first kappa shape index (κ1) is 20.4. The molecule has 6 heteroatoms. The van der Waals surface area contributed by atoms with Crippen LogP contribution in [0.5, 0.6) is 0 Å². The van der Waals surface area contributed by atoms with Crippen molar-refractivity contribution < 1.29 is 19.1 Å². The molecule has 0 aliphatic heterocycles. The van der Waals surface area contributed by atoms with E-state index in [9.17, 15) is 14.0 Å². The predicted octanol–water partition coefficient (Wildman–Crippen LogP) is 4.00. The van der Waals surface area contributed by atoms with E-state index in [4.69, 9.17) is 5.11 Å². The van der Waals surface area contributed by atoms with E-state index >= 15 is 0 Å². The molecule has 0 aliphatic carbocycles. The van der Waals surface area contributed by atoms with Gasteiger partial charge in [-0.15, -0.1) is 0 Å². The van der Waals surface area contributed by atoms with Crippen LogP contribution < -0.4 is 5.32 Å². The minimum atomic E-state index is -0.907. The van der Waals surface area contributed by atoms with Crippen LogP contribution in [0.1, 0.15) is 36.9 Å². The van der Waals surface area contributed by atoms with Crippen LogP contribution in [-0.4, -0.2) is 35.1 Å². The number of hydrogen-bond donors (Lipinski definition) is 2. The zero-order chi connectivity index (χ0) is 19.8. The van der Waals surface area contributed by atoms with Crippen molar-refractivity contribution in [1.82, 2.24) is 10.2 Å². The van der Waals surface area contributed by atoms with Gasteiger partial charge in [-0.2, -0.15) is 0 Å². The fourth-order valence-corrected chi connectivity index (χ4v) is 2.90. The van der Waals surface area contributed by atoms with Crippen LogP contribution in [0.3, 0.4) is 0 Å². The lowest BCUT2D eigenvalue weighted by atomic mass is 10.0. The number of urea groups is 1. The zero-order valence-electron chi connectivity index (χ0n) is 15.6. The third kappa shape index (κ3) is 6.09. The van der Waals surface area contributed by atoms with E-state index in [1.807, 2.05) is 30.3 Å². The highest BCUT2D eigenvalue weighted by molar-refractivity contribution is 5.75. The lowest BCUT2D eigenvalue weighted by Gasteiger charge is -2.28. The van der Waals surface area contributed by atoms with Gasteiger partial charge in [0.15, 0.2) is 0 Å². The Balaban J connectivity index is 2.06. The highest BCUT2D eigenvalue weighted by atomic mass is 19.1. The summed E-state index contributed by atoms with van der Waals surface area (Å²) in [5.74, 6) is -1.27. The van der Waals surface area contributed by atoms with Crippen molar-refractivity contribution in [3.05, 3.63) is 71.5 Å². The molecule has 0 spiro atoms. The van der Waals surface area contributed by atoms with Crippen LogP contribution in [-0.2, 0) is 11.2 Å². The number of carbonyl (C=O) groups excluding carboxylic acids is 1. The molecule has 0 bridgehead atoms. The number of carbonyl (C=O) groups is 2. The molecule has 0 fully saturated rings. The molecular weight excluding hydrogens is 347 g/mol. The van der Waals surface area contributed by atoms with Gasteiger partial charge in [-0.3, -0.25) is 4.79 Å². The van der Waals surface area contributed by atoms with Crippen molar-refractivity contribution in [2.75, 3.05) is 7.05 Å². The lowest BCUT2D eigenvalue weighted by Crippen LogP contribution is -2.45. The van der Waals surface area contributed by atoms with Gasteiger partial charge in [0.25, 0.3) is 0 Å². The summed E-state index contributed by atoms with van der Waals surface area (Å²) in [7, 11) is 1.60. The van der Waals surface area contributed by atoms with E-state index in [2.05, 4.69) is 5.32 Å². The van der Waals surface area contributed by atoms with Crippen LogP contribution >= 0.6 is 0 Å². The highest BCUT2D eigenvalue weighted by Crippen LogP contribution is 2.21. The number of nitrogens with zero attached hydrogens (tertiary/aromatic N) is 1. The minimum absolute atomic E-state index is 0.0373. The minimum Gasteiger partial charge on any atom is -0.481 e. The van der Waals surface area contributed by atoms with E-state index < -0.39 is 12.0 Å². The molecule has 2 rings (SSSR count). The summed E-state index contributed by atoms with van der Waals surface area (Å²) in [5.41, 5.74) is 1.44. The molecule has 0 aromatic heterocycles. The number of hydrogen-bond acceptors (Lipinski definition) is 2. The number of halogens is 1. The van der Waals surface area contributed by atoms with Crippen LogP contribution in [0.15, 0.2) is 54.6 Å². The Bertz CT molecular complexity index is 767. The van der Waals surface area contributed by atoms with Gasteiger partial charge in [-0.1, -0.05) is 48.5 Å². The first-order chi connectivity index (χ1) is 12.9. The molecule has 2 aromatic rings. The number of benzene rings is 2. The molecule has 0 heterocycles. The molecule has 144 valence electrons. The summed E-state index contributed by atoms with van der Waals surface area (Å²) in [4.78, 5) is 25.0. The second-order valence-corrected chi connectivity index (χ2v) is 6.58. The predicted molar refractivity (Wildman–Crippen MR) is 102 cm³/mol. The molecule has 2 atom stereocenters. The average molecular weight is 372 g/mol. The SMILES string of the molecule is CC(c1ccccc1F)N(C)C(=O)NC(CCC(=O)O)Cc1ccccc1. The zero-order valence-corrected chi connectivity index (χ0v) is 15.6. The summed E-state index contributed by atoms with van der Waals surface area (Å²) in [6.45, 7) is 1.75. The standard InChI is InChI=1S/C21H25FN2O3/c1-15(18-10-6-7-11-19(18)22)24(2)21(27)23-17(12-13-20(25)26)14-16-8-4-3-5-9-16/h3-11,15,17H,12-14H2,1-2H3,(H,23,27)(H,25,26). The molecule has 0 aliphatic rings. The van der Waals surface area contributed by atoms with E-state index in [1.165, 1.54) is 11.0 Å². The van der Waals surface area contributed by atoms with Gasteiger partial charge in [-0.05, 0) is 31.4 Å². The Morgan fingerprint density at radius 1 is 1.11 bits per heavy atom. The second-order valence-electron chi connectivity index (χ2n) is 6.58. The van der Waals surface area contributed by atoms with E-state index in [1.54, 1.807) is 32.2 Å². The van der Waals surface area contributed by atoms with Gasteiger partial charge < -0.3 is 15.3 Å². The number of carboxylic acid groups (broad SMARTS) is 1. The molecule has 0 saturated heterocycles. The maximum absolute atomic E-state index is 14.0. The fourth-order valence-electron chi connectivity index (χ4n) is 2.90. The Hall–Kier alpha value is -2.89. The molecule has 2 N–H and O–H groups in total. The van der Waals surface area contributed by atoms with Crippen molar-refractivity contribution in [2.24, 2.45) is 0 Å². The first-order valence-corrected chi connectivity index (χ1v) is 8.92. The molecule has 0 saturated carbocycles. The largest absolute Gasteiger partial charge is 0.481 e. The van der Waals surface area contributed by atoms with Gasteiger partial charge in [-0.25, -0.2) is 9.18 Å². The Morgan fingerprint density at radius 3 is 2.37 bits per heavy atom. The third-order valence-corrected chi connectivity index (χ3v) is 4.62. The van der Waals surface area contributed by atoms with E-state index in [-0.39, 0.29) is 24.3 Å².